The number of nitrogens with zero attached hydrogens (tertiary/aromatic N) is 1. The van der Waals surface area contributed by atoms with E-state index in [0.29, 0.717) is 0 Å². The summed E-state index contributed by atoms with van der Waals surface area (Å²) >= 11 is 0. The Bertz CT molecular complexity index is 97.4. The van der Waals surface area contributed by atoms with Gasteiger partial charge < -0.3 is 5.73 Å². The summed E-state index contributed by atoms with van der Waals surface area (Å²) in [5.74, 6) is 0.788. The van der Waals surface area contributed by atoms with E-state index in [1.807, 2.05) is 0 Å². The topological polar surface area (TPSA) is 38.4 Å². The van der Waals surface area contributed by atoms with E-state index < -0.39 is 0 Å². The Hall–Kier alpha value is -0.530. The lowest BCUT2D eigenvalue weighted by Crippen LogP contribution is -2.10. The van der Waals surface area contributed by atoms with Crippen LogP contribution in [0, 0.1) is 0 Å². The molecule has 2 nitrogen and oxygen atoms in total. The van der Waals surface area contributed by atoms with Crippen LogP contribution in [-0.2, 0) is 0 Å². The smallest absolute Gasteiger partial charge is 0.0933 e. The lowest BCUT2D eigenvalue weighted by atomic mass is 10.1. The van der Waals surface area contributed by atoms with Crippen molar-refractivity contribution in [3.8, 4) is 0 Å². The van der Waals surface area contributed by atoms with Gasteiger partial charge >= 0.3 is 0 Å². The Balaban J connectivity index is 3.04. The molecule has 0 rings (SSSR count). The number of aliphatic imine (C=N–C) groups is 1. The maximum absolute atomic E-state index is 5.51. The van der Waals surface area contributed by atoms with Crippen molar-refractivity contribution < 1.29 is 0 Å². The van der Waals surface area contributed by atoms with Gasteiger partial charge in [-0.3, -0.25) is 4.99 Å². The first-order valence-electron chi connectivity index (χ1n) is 4.02. The summed E-state index contributed by atoms with van der Waals surface area (Å²) in [6, 6.07) is 0. The van der Waals surface area contributed by atoms with Crippen LogP contribution in [0.2, 0.25) is 0 Å². The van der Waals surface area contributed by atoms with Gasteiger partial charge in [0.15, 0.2) is 0 Å². The van der Waals surface area contributed by atoms with Crippen molar-refractivity contribution in [3.63, 3.8) is 0 Å². The van der Waals surface area contributed by atoms with Crippen LogP contribution < -0.4 is 5.73 Å². The van der Waals surface area contributed by atoms with Gasteiger partial charge in [0.2, 0.25) is 0 Å². The second-order valence-electron chi connectivity index (χ2n) is 2.53. The molecule has 0 aliphatic heterocycles. The lowest BCUT2D eigenvalue weighted by Gasteiger charge is -1.97. The second kappa shape index (κ2) is 6.59. The van der Waals surface area contributed by atoms with Crippen LogP contribution in [0.4, 0.5) is 0 Å². The summed E-state index contributed by atoms with van der Waals surface area (Å²) in [6.45, 7) is 2.21. The highest BCUT2D eigenvalue weighted by Gasteiger charge is 1.90. The van der Waals surface area contributed by atoms with Crippen molar-refractivity contribution in [2.24, 2.45) is 10.7 Å². The molecule has 0 amide bonds. The predicted molar refractivity (Wildman–Crippen MR) is 46.3 cm³/mol. The van der Waals surface area contributed by atoms with Gasteiger partial charge in [0.25, 0.3) is 0 Å². The zero-order valence-corrected chi connectivity index (χ0v) is 7.06. The second-order valence-corrected chi connectivity index (χ2v) is 2.53. The minimum absolute atomic E-state index is 0.788. The highest BCUT2D eigenvalue weighted by atomic mass is 14.8. The molecule has 0 radical (unpaired) electrons. The number of unbranched alkanes of at least 4 members (excludes halogenated alkanes) is 3. The van der Waals surface area contributed by atoms with E-state index in [4.69, 9.17) is 5.73 Å². The van der Waals surface area contributed by atoms with Gasteiger partial charge in [0, 0.05) is 13.5 Å². The van der Waals surface area contributed by atoms with E-state index in [-0.39, 0.29) is 0 Å². The maximum Gasteiger partial charge on any atom is 0.0933 e. The molecule has 0 spiro atoms. The molecule has 0 aliphatic rings. The Kier molecular flexibility index (Phi) is 6.24. The number of amidine groups is 1. The Labute approximate surface area is 63.5 Å². The fourth-order valence-corrected chi connectivity index (χ4v) is 0.845. The van der Waals surface area contributed by atoms with E-state index in [2.05, 4.69) is 11.9 Å². The van der Waals surface area contributed by atoms with Crippen molar-refractivity contribution in [1.82, 2.24) is 0 Å². The summed E-state index contributed by atoms with van der Waals surface area (Å²) < 4.78 is 0. The van der Waals surface area contributed by atoms with Crippen LogP contribution >= 0.6 is 0 Å². The van der Waals surface area contributed by atoms with Crippen molar-refractivity contribution in [2.45, 2.75) is 39.0 Å². The third kappa shape index (κ3) is 5.60. The fraction of sp³-hybridized carbons (Fsp3) is 0.875. The largest absolute Gasteiger partial charge is 0.387 e. The molecule has 0 saturated carbocycles. The normalized spacial score (nSPS) is 12.0. The lowest BCUT2D eigenvalue weighted by molar-refractivity contribution is 0.681. The average molecular weight is 142 g/mol. The Morgan fingerprint density at radius 1 is 1.30 bits per heavy atom. The van der Waals surface area contributed by atoms with Crippen LogP contribution in [0.25, 0.3) is 0 Å². The molecule has 0 unspecified atom stereocenters. The minimum Gasteiger partial charge on any atom is -0.387 e. The van der Waals surface area contributed by atoms with E-state index in [0.717, 1.165) is 12.3 Å². The monoisotopic (exact) mass is 142 g/mol. The molecule has 0 fully saturated rings. The first kappa shape index (κ1) is 9.47. The molecule has 0 bridgehead atoms. The zero-order chi connectivity index (χ0) is 7.82. The number of hydrogen-bond acceptors (Lipinski definition) is 1. The van der Waals surface area contributed by atoms with Gasteiger partial charge in [-0.1, -0.05) is 26.2 Å². The molecule has 0 aromatic carbocycles. The molecule has 0 aromatic rings. The van der Waals surface area contributed by atoms with E-state index >= 15 is 0 Å². The summed E-state index contributed by atoms with van der Waals surface area (Å²) in [4.78, 5) is 3.88. The molecule has 0 atom stereocenters. The van der Waals surface area contributed by atoms with Gasteiger partial charge in [0.05, 0.1) is 5.84 Å². The number of nitrogens with two attached hydrogens (primary N) is 1. The van der Waals surface area contributed by atoms with E-state index in [1.165, 1.54) is 25.7 Å². The zero-order valence-electron chi connectivity index (χ0n) is 7.06. The number of hydrogen-bond donors (Lipinski definition) is 1. The van der Waals surface area contributed by atoms with Crippen molar-refractivity contribution in [3.05, 3.63) is 0 Å². The van der Waals surface area contributed by atoms with Crippen LogP contribution in [0.1, 0.15) is 39.0 Å². The fourth-order valence-electron chi connectivity index (χ4n) is 0.845. The first-order valence-corrected chi connectivity index (χ1v) is 4.02. The molecule has 0 aliphatic carbocycles. The van der Waals surface area contributed by atoms with Crippen LogP contribution in [0.15, 0.2) is 4.99 Å². The highest BCUT2D eigenvalue weighted by molar-refractivity contribution is 5.79. The van der Waals surface area contributed by atoms with Gasteiger partial charge in [-0.2, -0.15) is 0 Å². The number of rotatable bonds is 5. The molecular formula is C8H18N2. The van der Waals surface area contributed by atoms with Gasteiger partial charge in [-0.05, 0) is 6.42 Å². The van der Waals surface area contributed by atoms with Crippen molar-refractivity contribution in [2.75, 3.05) is 7.05 Å². The van der Waals surface area contributed by atoms with E-state index in [1.54, 1.807) is 7.05 Å². The summed E-state index contributed by atoms with van der Waals surface area (Å²) in [5, 5.41) is 0. The van der Waals surface area contributed by atoms with Crippen molar-refractivity contribution in [1.29, 1.82) is 0 Å². The average Bonchev–Trinajstić information content (AvgIpc) is 1.98. The van der Waals surface area contributed by atoms with Gasteiger partial charge in [0.1, 0.15) is 0 Å². The van der Waals surface area contributed by atoms with Crippen LogP contribution in [0.5, 0.6) is 0 Å². The summed E-state index contributed by atoms with van der Waals surface area (Å²) in [5.41, 5.74) is 5.51. The van der Waals surface area contributed by atoms with Crippen LogP contribution in [-0.4, -0.2) is 12.9 Å². The van der Waals surface area contributed by atoms with Gasteiger partial charge in [-0.15, -0.1) is 0 Å². The quantitative estimate of drug-likeness (QED) is 0.355. The first-order chi connectivity index (χ1) is 4.81. The van der Waals surface area contributed by atoms with E-state index in [9.17, 15) is 0 Å². The van der Waals surface area contributed by atoms with Gasteiger partial charge in [-0.25, -0.2) is 0 Å². The maximum atomic E-state index is 5.51. The predicted octanol–water partition coefficient (Wildman–Crippen LogP) is 1.94. The molecule has 0 aromatic heterocycles. The molecule has 10 heavy (non-hydrogen) atoms. The molecule has 0 heterocycles. The highest BCUT2D eigenvalue weighted by Crippen LogP contribution is 2.01. The van der Waals surface area contributed by atoms with Crippen LogP contribution in [0.3, 0.4) is 0 Å². The third-order valence-corrected chi connectivity index (χ3v) is 1.57. The molecule has 0 saturated heterocycles. The molecule has 60 valence electrons. The Morgan fingerprint density at radius 3 is 2.50 bits per heavy atom. The molecule has 2 N–H and O–H groups in total. The Morgan fingerprint density at radius 2 is 2.00 bits per heavy atom. The molecular weight excluding hydrogens is 124 g/mol. The molecule has 2 heteroatoms. The standard InChI is InChI=1S/C8H18N2/c1-3-4-5-6-7-8(9)10-2/h3-7H2,1-2H3,(H2,9,10). The van der Waals surface area contributed by atoms with Crippen molar-refractivity contribution >= 4 is 5.84 Å². The third-order valence-electron chi connectivity index (χ3n) is 1.57. The summed E-state index contributed by atoms with van der Waals surface area (Å²) in [6.07, 6.45) is 6.04. The summed E-state index contributed by atoms with van der Waals surface area (Å²) in [7, 11) is 1.75. The SMILES string of the molecule is CCCCCC/C(N)=N\C. The minimum atomic E-state index is 0.788.